The second-order valence-electron chi connectivity index (χ2n) is 6.82. The van der Waals surface area contributed by atoms with Crippen molar-refractivity contribution in [2.45, 2.75) is 64.3 Å². The van der Waals surface area contributed by atoms with Crippen LogP contribution in [0.4, 0.5) is 0 Å². The van der Waals surface area contributed by atoms with Crippen LogP contribution in [0.25, 0.3) is 0 Å². The number of benzene rings is 1. The number of phenols is 1. The van der Waals surface area contributed by atoms with E-state index in [1.165, 1.54) is 51.4 Å². The minimum atomic E-state index is -0.826. The van der Waals surface area contributed by atoms with E-state index in [1.54, 1.807) is 0 Å². The number of aliphatic imine (C=N–C) groups is 1. The van der Waals surface area contributed by atoms with Gasteiger partial charge in [0, 0.05) is 11.8 Å². The summed E-state index contributed by atoms with van der Waals surface area (Å²) in [6, 6.07) is 6.32. The fourth-order valence-corrected chi connectivity index (χ4v) is 4.09. The number of aryl methyl sites for hydroxylation is 1. The first-order chi connectivity index (χ1) is 11.1. The van der Waals surface area contributed by atoms with Gasteiger partial charge in [-0.1, -0.05) is 31.4 Å². The van der Waals surface area contributed by atoms with Crippen molar-refractivity contribution in [3.05, 3.63) is 29.3 Å². The van der Waals surface area contributed by atoms with Gasteiger partial charge in [-0.2, -0.15) is 0 Å². The topological polar surface area (TPSA) is 32.6 Å². The molecule has 5 heteroatoms. The molecule has 0 aromatic heterocycles. The summed E-state index contributed by atoms with van der Waals surface area (Å²) in [6.07, 6.45) is 12.7. The third kappa shape index (κ3) is 5.58. The molecule has 0 saturated heterocycles. The zero-order valence-electron chi connectivity index (χ0n) is 13.7. The van der Waals surface area contributed by atoms with Crippen LogP contribution >= 0.6 is 17.0 Å². The average molecular weight is 434 g/mol. The molecule has 0 amide bonds. The molecule has 126 valence electrons. The molecule has 1 aromatic carbocycles. The number of rotatable bonds is 2. The summed E-state index contributed by atoms with van der Waals surface area (Å²) < 4.78 is 0. The Kier molecular flexibility index (Phi) is 8.12. The van der Waals surface area contributed by atoms with E-state index in [4.69, 9.17) is 22.0 Å². The molecular formula is C18H25Cl2NOZr. The molecule has 23 heavy (non-hydrogen) atoms. The van der Waals surface area contributed by atoms with E-state index >= 15 is 0 Å². The molecule has 1 unspecified atom stereocenters. The summed E-state index contributed by atoms with van der Waals surface area (Å²) in [6.45, 7) is 1.93. The number of aromatic hydroxyl groups is 1. The molecule has 0 heterocycles. The van der Waals surface area contributed by atoms with E-state index in [9.17, 15) is 5.11 Å². The molecule has 0 aliphatic heterocycles. The van der Waals surface area contributed by atoms with Crippen LogP contribution in [0.15, 0.2) is 23.2 Å². The van der Waals surface area contributed by atoms with Crippen LogP contribution in [0.1, 0.15) is 62.5 Å². The molecule has 1 spiro atoms. The summed E-state index contributed by atoms with van der Waals surface area (Å²) in [5, 5.41) is 10.0. The zero-order valence-corrected chi connectivity index (χ0v) is 17.7. The number of nitrogens with zero attached hydrogens (tertiary/aromatic N) is 1. The van der Waals surface area contributed by atoms with Gasteiger partial charge in [-0.05, 0) is 56.1 Å². The van der Waals surface area contributed by atoms with Crippen molar-refractivity contribution in [3.8, 4) is 5.75 Å². The van der Waals surface area contributed by atoms with Crippen molar-refractivity contribution in [3.63, 3.8) is 0 Å². The van der Waals surface area contributed by atoms with Crippen LogP contribution in [0, 0.1) is 12.3 Å². The van der Waals surface area contributed by atoms with Crippen molar-refractivity contribution in [1.29, 1.82) is 0 Å². The van der Waals surface area contributed by atoms with E-state index in [-0.39, 0.29) is 0 Å². The molecule has 3 rings (SSSR count). The molecule has 2 fully saturated rings. The molecule has 2 aliphatic carbocycles. The van der Waals surface area contributed by atoms with E-state index in [0.29, 0.717) is 17.2 Å². The van der Waals surface area contributed by atoms with Crippen LogP contribution in [0.3, 0.4) is 0 Å². The molecule has 2 saturated carbocycles. The van der Waals surface area contributed by atoms with Gasteiger partial charge in [-0.3, -0.25) is 4.99 Å². The van der Waals surface area contributed by atoms with E-state index < -0.39 is 20.8 Å². The van der Waals surface area contributed by atoms with Gasteiger partial charge in [0.15, 0.2) is 0 Å². The molecule has 1 N–H and O–H groups in total. The fraction of sp³-hybridized carbons (Fsp3) is 0.611. The Bertz CT molecular complexity index is 530. The Morgan fingerprint density at radius 3 is 2.57 bits per heavy atom. The van der Waals surface area contributed by atoms with Crippen molar-refractivity contribution in [2.24, 2.45) is 10.4 Å². The first kappa shape index (κ1) is 19.5. The number of phenolic OH excluding ortho intramolecular Hbond substituents is 1. The maximum absolute atomic E-state index is 10.0. The summed E-state index contributed by atoms with van der Waals surface area (Å²) >= 11 is -0.826. The van der Waals surface area contributed by atoms with Crippen molar-refractivity contribution in [1.82, 2.24) is 0 Å². The van der Waals surface area contributed by atoms with Crippen LogP contribution < -0.4 is 0 Å². The summed E-state index contributed by atoms with van der Waals surface area (Å²) in [7, 11) is 9.87. The minimum absolute atomic E-state index is 0.377. The Hall–Kier alpha value is 0.153. The normalized spacial score (nSPS) is 22.8. The maximum atomic E-state index is 10.0. The molecule has 0 bridgehead atoms. The molecule has 0 radical (unpaired) electrons. The summed E-state index contributed by atoms with van der Waals surface area (Å²) in [5.41, 5.74) is 2.38. The van der Waals surface area contributed by atoms with Crippen LogP contribution in [-0.4, -0.2) is 17.4 Å². The molecule has 2 nitrogen and oxygen atoms in total. The summed E-state index contributed by atoms with van der Waals surface area (Å²) in [5.74, 6) is 0.377. The molecular weight excluding hydrogens is 408 g/mol. The SMILES string of the molecule is Cc1cccc(C=NC2CCCC3(CCCC3)C2)c1O.[Cl][Zr][Cl]. The quantitative estimate of drug-likeness (QED) is 0.570. The van der Waals surface area contributed by atoms with Gasteiger partial charge in [0.25, 0.3) is 0 Å². The Labute approximate surface area is 158 Å². The number of para-hydroxylation sites is 1. The molecule has 1 aromatic rings. The van der Waals surface area contributed by atoms with Crippen LogP contribution in [0.2, 0.25) is 0 Å². The van der Waals surface area contributed by atoms with E-state index in [1.807, 2.05) is 31.3 Å². The first-order valence-corrected chi connectivity index (χ1v) is 14.7. The van der Waals surface area contributed by atoms with Gasteiger partial charge in [-0.25, -0.2) is 0 Å². The van der Waals surface area contributed by atoms with Crippen molar-refractivity contribution < 1.29 is 26.0 Å². The van der Waals surface area contributed by atoms with E-state index in [2.05, 4.69) is 0 Å². The number of hydrogen-bond acceptors (Lipinski definition) is 2. The average Bonchev–Trinajstić information content (AvgIpc) is 2.97. The molecule has 2 aliphatic rings. The van der Waals surface area contributed by atoms with Gasteiger partial charge in [-0.15, -0.1) is 0 Å². The van der Waals surface area contributed by atoms with Gasteiger partial charge in [0.2, 0.25) is 0 Å². The van der Waals surface area contributed by atoms with E-state index in [0.717, 1.165) is 11.1 Å². The van der Waals surface area contributed by atoms with Gasteiger partial charge in [0.1, 0.15) is 5.75 Å². The Balaban J connectivity index is 0.000000595. The second-order valence-corrected chi connectivity index (χ2v) is 10.6. The Morgan fingerprint density at radius 1 is 1.22 bits per heavy atom. The monoisotopic (exact) mass is 431 g/mol. The predicted octanol–water partition coefficient (Wildman–Crippen LogP) is 6.00. The molecule has 1 atom stereocenters. The van der Waals surface area contributed by atoms with Gasteiger partial charge >= 0.3 is 37.9 Å². The number of hydrogen-bond donors (Lipinski definition) is 1. The predicted molar refractivity (Wildman–Crippen MR) is 95.3 cm³/mol. The second kappa shape index (κ2) is 9.59. The van der Waals surface area contributed by atoms with Crippen molar-refractivity contribution >= 4 is 23.2 Å². The first-order valence-electron chi connectivity index (χ1n) is 8.38. The zero-order chi connectivity index (χ0) is 16.7. The number of halogens is 2. The summed E-state index contributed by atoms with van der Waals surface area (Å²) in [4.78, 5) is 4.79. The van der Waals surface area contributed by atoms with Gasteiger partial charge in [0.05, 0.1) is 6.04 Å². The standard InChI is InChI=1S/C18H25NO.2ClH.Zr/c1-14-6-4-7-15(17(14)20)13-19-16-8-5-11-18(12-16)9-2-3-10-18;;;/h4,6-7,13,16,20H,2-3,5,8-12H2,1H3;2*1H;/q;;;+2/p-2. The third-order valence-electron chi connectivity index (χ3n) is 5.27. The fourth-order valence-electron chi connectivity index (χ4n) is 4.09. The van der Waals surface area contributed by atoms with Crippen LogP contribution in [0.5, 0.6) is 5.75 Å². The van der Waals surface area contributed by atoms with Crippen LogP contribution in [-0.2, 0) is 20.8 Å². The third-order valence-corrected chi connectivity index (χ3v) is 5.27. The Morgan fingerprint density at radius 2 is 1.87 bits per heavy atom. The van der Waals surface area contributed by atoms with Crippen molar-refractivity contribution in [2.75, 3.05) is 0 Å². The van der Waals surface area contributed by atoms with Gasteiger partial charge < -0.3 is 5.11 Å².